The second-order valence-corrected chi connectivity index (χ2v) is 6.42. The first-order valence-corrected chi connectivity index (χ1v) is 7.49. The number of hydrogen-bond donors (Lipinski definition) is 1. The Kier molecular flexibility index (Phi) is 4.35. The Balaban J connectivity index is 2.37. The molecule has 1 amide bonds. The van der Waals surface area contributed by atoms with Gasteiger partial charge >= 0.3 is 5.97 Å². The number of carboxylic acid groups (broad SMARTS) is 1. The van der Waals surface area contributed by atoms with E-state index in [1.54, 1.807) is 11.8 Å². The molecule has 21 heavy (non-hydrogen) atoms. The lowest BCUT2D eigenvalue weighted by atomic mass is 9.80. The maximum absolute atomic E-state index is 12.9. The number of carbonyl (C=O) groups excluding carboxylic acids is 1. The maximum Gasteiger partial charge on any atom is 0.318 e. The van der Waals surface area contributed by atoms with Crippen LogP contribution in [0.15, 0.2) is 24.3 Å². The van der Waals surface area contributed by atoms with Gasteiger partial charge in [0, 0.05) is 12.2 Å². The molecule has 2 rings (SSSR count). The summed E-state index contributed by atoms with van der Waals surface area (Å²) in [6.45, 7) is 6.03. The van der Waals surface area contributed by atoms with Crippen LogP contribution in [0.2, 0.25) is 0 Å². The molecule has 1 aliphatic rings. The SMILES string of the molecule is CC(C)C[C@@](C)(C(=O)O)C(=O)N1CCCc2ccccc21. The average Bonchev–Trinajstić information content (AvgIpc) is 2.45. The Hall–Kier alpha value is -1.84. The molecule has 114 valence electrons. The number of amides is 1. The lowest BCUT2D eigenvalue weighted by Gasteiger charge is -2.36. The number of hydrogen-bond acceptors (Lipinski definition) is 2. The Morgan fingerprint density at radius 1 is 1.33 bits per heavy atom. The van der Waals surface area contributed by atoms with Crippen LogP contribution in [0.4, 0.5) is 5.69 Å². The van der Waals surface area contributed by atoms with Gasteiger partial charge in [-0.1, -0.05) is 32.0 Å². The first-order chi connectivity index (χ1) is 9.86. The van der Waals surface area contributed by atoms with Gasteiger partial charge in [0.05, 0.1) is 0 Å². The summed E-state index contributed by atoms with van der Waals surface area (Å²) in [5.74, 6) is -1.19. The zero-order chi connectivity index (χ0) is 15.6. The van der Waals surface area contributed by atoms with Crippen molar-refractivity contribution in [3.05, 3.63) is 29.8 Å². The van der Waals surface area contributed by atoms with E-state index in [0.717, 1.165) is 24.1 Å². The molecule has 0 spiro atoms. The zero-order valence-corrected chi connectivity index (χ0v) is 12.9. The molecule has 1 aromatic rings. The van der Waals surface area contributed by atoms with Crippen molar-refractivity contribution in [1.82, 2.24) is 0 Å². The van der Waals surface area contributed by atoms with Gasteiger partial charge in [0.25, 0.3) is 0 Å². The van der Waals surface area contributed by atoms with E-state index in [-0.39, 0.29) is 11.8 Å². The van der Waals surface area contributed by atoms with Crippen LogP contribution in [-0.4, -0.2) is 23.5 Å². The summed E-state index contributed by atoms with van der Waals surface area (Å²) in [6, 6.07) is 7.77. The number of para-hydroxylation sites is 1. The molecule has 1 N–H and O–H groups in total. The van der Waals surface area contributed by atoms with Gasteiger partial charge in [0.1, 0.15) is 5.41 Å². The highest BCUT2D eigenvalue weighted by atomic mass is 16.4. The first kappa shape index (κ1) is 15.5. The van der Waals surface area contributed by atoms with Gasteiger partial charge in [-0.25, -0.2) is 0 Å². The minimum absolute atomic E-state index is 0.148. The summed E-state index contributed by atoms with van der Waals surface area (Å²) in [4.78, 5) is 26.3. The Labute approximate surface area is 125 Å². The van der Waals surface area contributed by atoms with E-state index >= 15 is 0 Å². The summed E-state index contributed by atoms with van der Waals surface area (Å²) in [6.07, 6.45) is 2.16. The Morgan fingerprint density at radius 3 is 2.62 bits per heavy atom. The molecule has 0 aromatic heterocycles. The van der Waals surface area contributed by atoms with Crippen LogP contribution in [0.3, 0.4) is 0 Å². The maximum atomic E-state index is 12.9. The van der Waals surface area contributed by atoms with Crippen LogP contribution in [-0.2, 0) is 16.0 Å². The van der Waals surface area contributed by atoms with Gasteiger partial charge in [-0.2, -0.15) is 0 Å². The van der Waals surface area contributed by atoms with Crippen molar-refractivity contribution >= 4 is 17.6 Å². The Bertz CT molecular complexity index is 553. The molecule has 0 radical (unpaired) electrons. The third-order valence-electron chi connectivity index (χ3n) is 4.12. The van der Waals surface area contributed by atoms with E-state index in [1.807, 2.05) is 38.1 Å². The molecule has 0 aliphatic carbocycles. The molecule has 0 saturated heterocycles. The minimum atomic E-state index is -1.36. The second kappa shape index (κ2) is 5.88. The van der Waals surface area contributed by atoms with Gasteiger partial charge < -0.3 is 10.0 Å². The van der Waals surface area contributed by atoms with Crippen LogP contribution >= 0.6 is 0 Å². The molecule has 1 heterocycles. The van der Waals surface area contributed by atoms with Crippen LogP contribution in [0.1, 0.15) is 39.2 Å². The quantitative estimate of drug-likeness (QED) is 0.866. The van der Waals surface area contributed by atoms with E-state index in [0.29, 0.717) is 13.0 Å². The van der Waals surface area contributed by atoms with Crippen molar-refractivity contribution in [2.24, 2.45) is 11.3 Å². The highest BCUT2D eigenvalue weighted by Crippen LogP contribution is 2.34. The fourth-order valence-corrected chi connectivity index (χ4v) is 3.13. The molecule has 1 aliphatic heterocycles. The average molecular weight is 289 g/mol. The molecular formula is C17H23NO3. The number of anilines is 1. The van der Waals surface area contributed by atoms with Crippen molar-refractivity contribution in [3.63, 3.8) is 0 Å². The Morgan fingerprint density at radius 2 is 2.00 bits per heavy atom. The lowest BCUT2D eigenvalue weighted by Crippen LogP contribution is -2.49. The van der Waals surface area contributed by atoms with Gasteiger partial charge in [0.2, 0.25) is 5.91 Å². The summed E-state index contributed by atoms with van der Waals surface area (Å²) in [5.41, 5.74) is 0.623. The monoisotopic (exact) mass is 289 g/mol. The molecule has 1 aromatic carbocycles. The zero-order valence-electron chi connectivity index (χ0n) is 12.9. The topological polar surface area (TPSA) is 57.6 Å². The predicted octanol–water partition coefficient (Wildman–Crippen LogP) is 3.10. The summed E-state index contributed by atoms with van der Waals surface area (Å²) < 4.78 is 0. The van der Waals surface area contributed by atoms with Crippen LogP contribution in [0.5, 0.6) is 0 Å². The van der Waals surface area contributed by atoms with Crippen molar-refractivity contribution < 1.29 is 14.7 Å². The molecular weight excluding hydrogens is 266 g/mol. The second-order valence-electron chi connectivity index (χ2n) is 6.42. The highest BCUT2D eigenvalue weighted by molar-refractivity contribution is 6.09. The molecule has 0 bridgehead atoms. The molecule has 4 heteroatoms. The number of aliphatic carboxylic acids is 1. The summed E-state index contributed by atoms with van der Waals surface area (Å²) in [5, 5.41) is 9.58. The fourth-order valence-electron chi connectivity index (χ4n) is 3.13. The normalized spacial score (nSPS) is 17.2. The third-order valence-corrected chi connectivity index (χ3v) is 4.12. The van der Waals surface area contributed by atoms with Gasteiger partial charge in [-0.15, -0.1) is 0 Å². The number of fused-ring (bicyclic) bond motifs is 1. The first-order valence-electron chi connectivity index (χ1n) is 7.49. The number of rotatable bonds is 4. The van der Waals surface area contributed by atoms with E-state index in [4.69, 9.17) is 0 Å². The van der Waals surface area contributed by atoms with E-state index in [9.17, 15) is 14.7 Å². The third kappa shape index (κ3) is 2.94. The largest absolute Gasteiger partial charge is 0.480 e. The van der Waals surface area contributed by atoms with E-state index in [2.05, 4.69) is 0 Å². The number of nitrogens with zero attached hydrogens (tertiary/aromatic N) is 1. The lowest BCUT2D eigenvalue weighted by molar-refractivity contribution is -0.154. The summed E-state index contributed by atoms with van der Waals surface area (Å²) in [7, 11) is 0. The van der Waals surface area contributed by atoms with Crippen LogP contribution in [0, 0.1) is 11.3 Å². The highest BCUT2D eigenvalue weighted by Gasteiger charge is 2.45. The fraction of sp³-hybridized carbons (Fsp3) is 0.529. The van der Waals surface area contributed by atoms with Crippen molar-refractivity contribution in [1.29, 1.82) is 0 Å². The van der Waals surface area contributed by atoms with Crippen molar-refractivity contribution in [3.8, 4) is 0 Å². The number of carbonyl (C=O) groups is 2. The standard InChI is InChI=1S/C17H23NO3/c1-12(2)11-17(3,16(20)21)15(19)18-10-6-8-13-7-4-5-9-14(13)18/h4-5,7,9,12H,6,8,10-11H2,1-3H3,(H,20,21)/t17-/m1/s1. The van der Waals surface area contributed by atoms with Gasteiger partial charge in [0.15, 0.2) is 0 Å². The predicted molar refractivity (Wildman–Crippen MR) is 82.3 cm³/mol. The van der Waals surface area contributed by atoms with E-state index < -0.39 is 11.4 Å². The molecule has 1 atom stereocenters. The minimum Gasteiger partial charge on any atom is -0.480 e. The van der Waals surface area contributed by atoms with Gasteiger partial charge in [-0.05, 0) is 43.7 Å². The number of aryl methyl sites for hydroxylation is 1. The summed E-state index contributed by atoms with van der Waals surface area (Å²) >= 11 is 0. The molecule has 0 unspecified atom stereocenters. The molecule has 0 saturated carbocycles. The van der Waals surface area contributed by atoms with E-state index in [1.165, 1.54) is 0 Å². The van der Waals surface area contributed by atoms with Gasteiger partial charge in [-0.3, -0.25) is 9.59 Å². The molecule has 0 fully saturated rings. The molecule has 4 nitrogen and oxygen atoms in total. The smallest absolute Gasteiger partial charge is 0.318 e. The van der Waals surface area contributed by atoms with Crippen LogP contribution < -0.4 is 4.90 Å². The number of benzene rings is 1. The number of carboxylic acids is 1. The van der Waals surface area contributed by atoms with Crippen LogP contribution in [0.25, 0.3) is 0 Å². The van der Waals surface area contributed by atoms with Crippen molar-refractivity contribution in [2.75, 3.05) is 11.4 Å². The van der Waals surface area contributed by atoms with Crippen molar-refractivity contribution in [2.45, 2.75) is 40.0 Å².